The topological polar surface area (TPSA) is 72.2 Å². The lowest BCUT2D eigenvalue weighted by Crippen LogP contribution is -2.15. The number of sulfone groups is 1. The number of benzene rings is 1. The van der Waals surface area contributed by atoms with Crippen LogP contribution in [0.3, 0.4) is 0 Å². The zero-order valence-corrected chi connectivity index (χ0v) is 9.84. The Balaban J connectivity index is 2.53. The number of nitrogens with one attached hydrogen (secondary N) is 1. The Labute approximate surface area is 95.1 Å². The molecular weight excluding hydrogens is 224 g/mol. The third-order valence-electron chi connectivity index (χ3n) is 2.55. The van der Waals surface area contributed by atoms with Crippen molar-refractivity contribution in [3.8, 4) is 0 Å². The third kappa shape index (κ3) is 1.72. The van der Waals surface area contributed by atoms with E-state index in [0.29, 0.717) is 22.7 Å². The Morgan fingerprint density at radius 3 is 2.81 bits per heavy atom. The van der Waals surface area contributed by atoms with Gasteiger partial charge in [-0.25, -0.2) is 8.42 Å². The van der Waals surface area contributed by atoms with Gasteiger partial charge in [-0.05, 0) is 24.3 Å². The van der Waals surface area contributed by atoms with E-state index < -0.39 is 9.84 Å². The number of anilines is 1. The van der Waals surface area contributed by atoms with Crippen LogP contribution in [0.5, 0.6) is 0 Å². The van der Waals surface area contributed by atoms with Crippen molar-refractivity contribution >= 4 is 21.1 Å². The quantitative estimate of drug-likeness (QED) is 0.771. The first-order valence-corrected chi connectivity index (χ1v) is 6.66. The summed E-state index contributed by atoms with van der Waals surface area (Å²) in [6.07, 6.45) is 0. The minimum Gasteiger partial charge on any atom is -0.398 e. The fourth-order valence-corrected chi connectivity index (χ4v) is 3.33. The first-order chi connectivity index (χ1) is 7.56. The molecule has 1 aromatic carbocycles. The molecular formula is C11H14N2O2S. The average Bonchev–Trinajstić information content (AvgIpc) is 2.49. The molecule has 0 aromatic heterocycles. The lowest BCUT2D eigenvalue weighted by molar-refractivity contribution is 0.605. The van der Waals surface area contributed by atoms with Crippen molar-refractivity contribution in [1.29, 1.82) is 0 Å². The van der Waals surface area contributed by atoms with Crippen molar-refractivity contribution in [1.82, 2.24) is 5.32 Å². The number of rotatable bonds is 3. The molecule has 5 heteroatoms. The molecule has 0 fully saturated rings. The molecule has 1 aliphatic rings. The van der Waals surface area contributed by atoms with Gasteiger partial charge in [0.15, 0.2) is 0 Å². The van der Waals surface area contributed by atoms with E-state index in [4.69, 9.17) is 5.73 Å². The Morgan fingerprint density at radius 1 is 1.38 bits per heavy atom. The monoisotopic (exact) mass is 238 g/mol. The van der Waals surface area contributed by atoms with Crippen LogP contribution < -0.4 is 11.1 Å². The predicted molar refractivity (Wildman–Crippen MR) is 64.6 cm³/mol. The first-order valence-electron chi connectivity index (χ1n) is 5.11. The van der Waals surface area contributed by atoms with Gasteiger partial charge in [-0.1, -0.05) is 13.0 Å². The highest BCUT2D eigenvalue weighted by molar-refractivity contribution is 7.95. The van der Waals surface area contributed by atoms with Gasteiger partial charge in [0.2, 0.25) is 9.84 Å². The van der Waals surface area contributed by atoms with Crippen molar-refractivity contribution in [2.75, 3.05) is 18.8 Å². The molecule has 16 heavy (non-hydrogen) atoms. The Hall–Kier alpha value is -1.33. The lowest BCUT2D eigenvalue weighted by atomic mass is 10.1. The molecule has 1 aromatic rings. The number of hydrogen-bond acceptors (Lipinski definition) is 4. The van der Waals surface area contributed by atoms with Gasteiger partial charge in [0.05, 0.1) is 4.90 Å². The van der Waals surface area contributed by atoms with Crippen LogP contribution in [-0.2, 0) is 9.84 Å². The van der Waals surface area contributed by atoms with Crippen molar-refractivity contribution in [2.24, 2.45) is 0 Å². The van der Waals surface area contributed by atoms with Gasteiger partial charge in [0.25, 0.3) is 0 Å². The molecule has 2 rings (SSSR count). The van der Waals surface area contributed by atoms with E-state index in [0.717, 1.165) is 12.1 Å². The van der Waals surface area contributed by atoms with E-state index in [1.807, 2.05) is 6.92 Å². The van der Waals surface area contributed by atoms with E-state index >= 15 is 0 Å². The summed E-state index contributed by atoms with van der Waals surface area (Å²) >= 11 is 0. The number of nitrogen functional groups attached to an aromatic ring is 1. The van der Waals surface area contributed by atoms with Crippen LogP contribution in [0.25, 0.3) is 5.57 Å². The average molecular weight is 238 g/mol. The molecule has 0 bridgehead atoms. The molecule has 0 saturated carbocycles. The van der Waals surface area contributed by atoms with Gasteiger partial charge in [0, 0.05) is 23.2 Å². The lowest BCUT2D eigenvalue weighted by Gasteiger charge is -2.07. The highest BCUT2D eigenvalue weighted by Gasteiger charge is 2.27. The van der Waals surface area contributed by atoms with E-state index in [-0.39, 0.29) is 0 Å². The second-order valence-electron chi connectivity index (χ2n) is 3.69. The maximum Gasteiger partial charge on any atom is 0.200 e. The third-order valence-corrected chi connectivity index (χ3v) is 4.10. The van der Waals surface area contributed by atoms with Crippen LogP contribution in [0.4, 0.5) is 5.69 Å². The van der Waals surface area contributed by atoms with Crippen molar-refractivity contribution in [2.45, 2.75) is 11.8 Å². The van der Waals surface area contributed by atoms with Gasteiger partial charge in [-0.3, -0.25) is 0 Å². The SMILES string of the molecule is CCNCC1=CS(=O)(=O)c2cccc(N)c21. The minimum atomic E-state index is -3.29. The molecule has 3 N–H and O–H groups in total. The summed E-state index contributed by atoms with van der Waals surface area (Å²) < 4.78 is 23.6. The number of hydrogen-bond donors (Lipinski definition) is 2. The maximum atomic E-state index is 11.8. The van der Waals surface area contributed by atoms with Crippen LogP contribution in [0.2, 0.25) is 0 Å². The summed E-state index contributed by atoms with van der Waals surface area (Å²) in [5.74, 6) is 0. The largest absolute Gasteiger partial charge is 0.398 e. The molecule has 1 aliphatic heterocycles. The summed E-state index contributed by atoms with van der Waals surface area (Å²) in [6, 6.07) is 4.98. The smallest absolute Gasteiger partial charge is 0.200 e. The fourth-order valence-electron chi connectivity index (χ4n) is 1.83. The van der Waals surface area contributed by atoms with Crippen molar-refractivity contribution in [3.05, 3.63) is 29.2 Å². The Morgan fingerprint density at radius 2 is 2.12 bits per heavy atom. The van der Waals surface area contributed by atoms with Crippen LogP contribution in [0.15, 0.2) is 28.5 Å². The maximum absolute atomic E-state index is 11.8. The van der Waals surface area contributed by atoms with E-state index in [2.05, 4.69) is 5.32 Å². The second kappa shape index (κ2) is 3.92. The van der Waals surface area contributed by atoms with Crippen molar-refractivity contribution < 1.29 is 8.42 Å². The van der Waals surface area contributed by atoms with Gasteiger partial charge in [-0.15, -0.1) is 0 Å². The first kappa shape index (κ1) is 11.2. The number of fused-ring (bicyclic) bond motifs is 1. The summed E-state index contributed by atoms with van der Waals surface area (Å²) in [5, 5.41) is 4.41. The molecule has 0 atom stereocenters. The molecule has 0 saturated heterocycles. The van der Waals surface area contributed by atoms with Crippen LogP contribution in [-0.4, -0.2) is 21.5 Å². The Bertz CT molecular complexity index is 547. The molecule has 0 unspecified atom stereocenters. The summed E-state index contributed by atoms with van der Waals surface area (Å²) in [4.78, 5) is 0.320. The fraction of sp³-hybridized carbons (Fsp3) is 0.273. The van der Waals surface area contributed by atoms with E-state index in [9.17, 15) is 8.42 Å². The minimum absolute atomic E-state index is 0.320. The molecule has 1 heterocycles. The van der Waals surface area contributed by atoms with Gasteiger partial charge < -0.3 is 11.1 Å². The normalized spacial score (nSPS) is 16.9. The number of likely N-dealkylation sites (N-methyl/N-ethyl adjacent to an activating group) is 1. The highest BCUT2D eigenvalue weighted by atomic mass is 32.2. The summed E-state index contributed by atoms with van der Waals surface area (Å²) in [6.45, 7) is 3.29. The van der Waals surface area contributed by atoms with Crippen molar-refractivity contribution in [3.63, 3.8) is 0 Å². The van der Waals surface area contributed by atoms with E-state index in [1.165, 1.54) is 5.41 Å². The van der Waals surface area contributed by atoms with Gasteiger partial charge in [0.1, 0.15) is 0 Å². The van der Waals surface area contributed by atoms with Gasteiger partial charge >= 0.3 is 0 Å². The van der Waals surface area contributed by atoms with Crippen LogP contribution >= 0.6 is 0 Å². The molecule has 4 nitrogen and oxygen atoms in total. The molecule has 86 valence electrons. The second-order valence-corrected chi connectivity index (χ2v) is 5.45. The number of nitrogens with two attached hydrogens (primary N) is 1. The summed E-state index contributed by atoms with van der Waals surface area (Å²) in [7, 11) is -3.29. The molecule has 0 spiro atoms. The molecule has 0 radical (unpaired) electrons. The summed E-state index contributed by atoms with van der Waals surface area (Å²) in [5.41, 5.74) is 7.74. The predicted octanol–water partition coefficient (Wildman–Crippen LogP) is 1.01. The molecule has 0 amide bonds. The zero-order chi connectivity index (χ0) is 11.8. The highest BCUT2D eigenvalue weighted by Crippen LogP contribution is 2.36. The Kier molecular flexibility index (Phi) is 2.73. The van der Waals surface area contributed by atoms with E-state index in [1.54, 1.807) is 18.2 Å². The molecule has 0 aliphatic carbocycles. The standard InChI is InChI=1S/C11H14N2O2S/c1-2-13-6-8-7-16(14,15)10-5-3-4-9(12)11(8)10/h3-5,7,13H,2,6,12H2,1H3. The van der Waals surface area contributed by atoms with Crippen LogP contribution in [0, 0.1) is 0 Å². The van der Waals surface area contributed by atoms with Gasteiger partial charge in [-0.2, -0.15) is 0 Å². The van der Waals surface area contributed by atoms with Crippen LogP contribution in [0.1, 0.15) is 12.5 Å². The zero-order valence-electron chi connectivity index (χ0n) is 9.03.